The SMILES string of the molecule is C#CCC/C(=C\C)CC(C(=O)O)C(C)(C)C. The van der Waals surface area contributed by atoms with Crippen LogP contribution in [0.5, 0.6) is 0 Å². The minimum atomic E-state index is -0.729. The summed E-state index contributed by atoms with van der Waals surface area (Å²) in [6.07, 6.45) is 9.27. The first kappa shape index (κ1) is 14.8. The highest BCUT2D eigenvalue weighted by Gasteiger charge is 2.31. The number of carboxylic acid groups (broad SMARTS) is 1. The lowest BCUT2D eigenvalue weighted by Gasteiger charge is -2.27. The molecular formula is C14H22O2. The molecule has 0 aliphatic carbocycles. The lowest BCUT2D eigenvalue weighted by Crippen LogP contribution is -2.28. The summed E-state index contributed by atoms with van der Waals surface area (Å²) in [5.74, 6) is 1.51. The topological polar surface area (TPSA) is 37.3 Å². The van der Waals surface area contributed by atoms with Crippen LogP contribution in [0.2, 0.25) is 0 Å². The standard InChI is InChI=1S/C14H22O2/c1-6-8-9-11(7-2)10-12(13(15)16)14(3,4)5/h1,7,12H,8-10H2,2-5H3,(H,15,16)/b11-7+. The van der Waals surface area contributed by atoms with E-state index in [9.17, 15) is 9.90 Å². The summed E-state index contributed by atoms with van der Waals surface area (Å²) in [7, 11) is 0. The van der Waals surface area contributed by atoms with Gasteiger partial charge < -0.3 is 5.11 Å². The first-order chi connectivity index (χ1) is 7.32. The summed E-state index contributed by atoms with van der Waals surface area (Å²) in [5.41, 5.74) is 0.913. The second-order valence-corrected chi connectivity index (χ2v) is 5.11. The number of allylic oxidation sites excluding steroid dienone is 2. The van der Waals surface area contributed by atoms with Gasteiger partial charge in [0.05, 0.1) is 5.92 Å². The highest BCUT2D eigenvalue weighted by Crippen LogP contribution is 2.32. The van der Waals surface area contributed by atoms with Gasteiger partial charge in [-0.2, -0.15) is 0 Å². The zero-order chi connectivity index (χ0) is 12.8. The van der Waals surface area contributed by atoms with Crippen LogP contribution in [0, 0.1) is 23.7 Å². The third-order valence-corrected chi connectivity index (χ3v) is 2.81. The Morgan fingerprint density at radius 2 is 2.06 bits per heavy atom. The number of carboxylic acids is 1. The number of rotatable bonds is 5. The molecule has 0 bridgehead atoms. The van der Waals surface area contributed by atoms with Gasteiger partial charge in [-0.15, -0.1) is 12.3 Å². The van der Waals surface area contributed by atoms with Crippen molar-refractivity contribution in [1.82, 2.24) is 0 Å². The Morgan fingerprint density at radius 1 is 1.50 bits per heavy atom. The molecule has 1 atom stereocenters. The van der Waals surface area contributed by atoms with Crippen LogP contribution in [-0.2, 0) is 4.79 Å². The molecule has 0 aromatic carbocycles. The van der Waals surface area contributed by atoms with Crippen molar-refractivity contribution >= 4 is 5.97 Å². The Bertz CT molecular complexity index is 300. The lowest BCUT2D eigenvalue weighted by atomic mass is 9.76. The van der Waals surface area contributed by atoms with Gasteiger partial charge in [-0.05, 0) is 25.2 Å². The van der Waals surface area contributed by atoms with E-state index in [1.165, 1.54) is 0 Å². The molecule has 0 spiro atoms. The molecule has 1 unspecified atom stereocenters. The van der Waals surface area contributed by atoms with Gasteiger partial charge in [-0.3, -0.25) is 4.79 Å². The molecule has 0 aliphatic heterocycles. The number of hydrogen-bond acceptors (Lipinski definition) is 1. The summed E-state index contributed by atoms with van der Waals surface area (Å²) < 4.78 is 0. The molecular weight excluding hydrogens is 200 g/mol. The largest absolute Gasteiger partial charge is 0.481 e. The van der Waals surface area contributed by atoms with Crippen molar-refractivity contribution in [2.24, 2.45) is 11.3 Å². The van der Waals surface area contributed by atoms with Gasteiger partial charge in [0.1, 0.15) is 0 Å². The van der Waals surface area contributed by atoms with Gasteiger partial charge in [0.15, 0.2) is 0 Å². The average Bonchev–Trinajstić information content (AvgIpc) is 2.15. The third kappa shape index (κ3) is 5.02. The normalized spacial score (nSPS) is 14.3. The maximum absolute atomic E-state index is 11.2. The van der Waals surface area contributed by atoms with E-state index >= 15 is 0 Å². The molecule has 0 radical (unpaired) electrons. The fraction of sp³-hybridized carbons (Fsp3) is 0.643. The Kier molecular flexibility index (Phi) is 5.88. The van der Waals surface area contributed by atoms with Gasteiger partial charge >= 0.3 is 5.97 Å². The van der Waals surface area contributed by atoms with E-state index in [0.717, 1.165) is 12.0 Å². The first-order valence-electron chi connectivity index (χ1n) is 5.63. The fourth-order valence-electron chi connectivity index (χ4n) is 1.62. The Morgan fingerprint density at radius 3 is 2.38 bits per heavy atom. The maximum Gasteiger partial charge on any atom is 0.307 e. The zero-order valence-corrected chi connectivity index (χ0v) is 10.7. The molecule has 0 fully saturated rings. The lowest BCUT2D eigenvalue weighted by molar-refractivity contribution is -0.145. The predicted octanol–water partition coefficient (Wildman–Crippen LogP) is 3.48. The molecule has 0 saturated carbocycles. The van der Waals surface area contributed by atoms with Gasteiger partial charge in [-0.25, -0.2) is 0 Å². The summed E-state index contributed by atoms with van der Waals surface area (Å²) in [6.45, 7) is 7.81. The van der Waals surface area contributed by atoms with Crippen molar-refractivity contribution in [3.63, 3.8) is 0 Å². The van der Waals surface area contributed by atoms with Crippen molar-refractivity contribution < 1.29 is 9.90 Å². The Balaban J connectivity index is 4.63. The van der Waals surface area contributed by atoms with Crippen molar-refractivity contribution in [2.45, 2.75) is 47.0 Å². The van der Waals surface area contributed by atoms with Gasteiger partial charge in [0, 0.05) is 6.42 Å². The molecule has 16 heavy (non-hydrogen) atoms. The van der Waals surface area contributed by atoms with Gasteiger partial charge in [0.25, 0.3) is 0 Å². The molecule has 2 heteroatoms. The Labute approximate surface area is 98.7 Å². The molecule has 2 nitrogen and oxygen atoms in total. The van der Waals surface area contributed by atoms with Gasteiger partial charge in [0.2, 0.25) is 0 Å². The number of carbonyl (C=O) groups is 1. The van der Waals surface area contributed by atoms with Crippen molar-refractivity contribution in [3.8, 4) is 12.3 Å². The number of aliphatic carboxylic acids is 1. The molecule has 0 aliphatic rings. The second kappa shape index (κ2) is 6.37. The molecule has 0 rings (SSSR count). The van der Waals surface area contributed by atoms with Crippen molar-refractivity contribution in [1.29, 1.82) is 0 Å². The van der Waals surface area contributed by atoms with E-state index in [1.54, 1.807) is 0 Å². The summed E-state index contributed by atoms with van der Waals surface area (Å²) in [6, 6.07) is 0. The maximum atomic E-state index is 11.2. The first-order valence-corrected chi connectivity index (χ1v) is 5.63. The molecule has 0 saturated heterocycles. The van der Waals surface area contributed by atoms with Crippen LogP contribution in [0.4, 0.5) is 0 Å². The van der Waals surface area contributed by atoms with Crippen molar-refractivity contribution in [3.05, 3.63) is 11.6 Å². The highest BCUT2D eigenvalue weighted by molar-refractivity contribution is 5.71. The van der Waals surface area contributed by atoms with Crippen molar-refractivity contribution in [2.75, 3.05) is 0 Å². The van der Waals surface area contributed by atoms with Crippen LogP contribution >= 0.6 is 0 Å². The van der Waals surface area contributed by atoms with E-state index in [2.05, 4.69) is 5.92 Å². The second-order valence-electron chi connectivity index (χ2n) is 5.11. The van der Waals surface area contributed by atoms with E-state index in [-0.39, 0.29) is 11.3 Å². The summed E-state index contributed by atoms with van der Waals surface area (Å²) in [4.78, 5) is 11.2. The minimum Gasteiger partial charge on any atom is -0.481 e. The molecule has 0 aromatic heterocycles. The zero-order valence-electron chi connectivity index (χ0n) is 10.7. The third-order valence-electron chi connectivity index (χ3n) is 2.81. The molecule has 0 aromatic rings. The molecule has 0 amide bonds. The van der Waals surface area contributed by atoms with Crippen LogP contribution in [0.15, 0.2) is 11.6 Å². The van der Waals surface area contributed by atoms with Crippen LogP contribution in [0.25, 0.3) is 0 Å². The smallest absolute Gasteiger partial charge is 0.307 e. The van der Waals surface area contributed by atoms with E-state index in [1.807, 2.05) is 33.8 Å². The fourth-order valence-corrected chi connectivity index (χ4v) is 1.62. The minimum absolute atomic E-state index is 0.226. The van der Waals surface area contributed by atoms with E-state index in [0.29, 0.717) is 12.8 Å². The Hall–Kier alpha value is -1.23. The average molecular weight is 222 g/mol. The highest BCUT2D eigenvalue weighted by atomic mass is 16.4. The van der Waals surface area contributed by atoms with Crippen LogP contribution in [0.3, 0.4) is 0 Å². The predicted molar refractivity (Wildman–Crippen MR) is 67.0 cm³/mol. The summed E-state index contributed by atoms with van der Waals surface area (Å²) >= 11 is 0. The van der Waals surface area contributed by atoms with Crippen LogP contribution in [0.1, 0.15) is 47.0 Å². The molecule has 0 heterocycles. The number of terminal acetylenes is 1. The van der Waals surface area contributed by atoms with Crippen LogP contribution in [-0.4, -0.2) is 11.1 Å². The monoisotopic (exact) mass is 222 g/mol. The number of hydrogen-bond donors (Lipinski definition) is 1. The summed E-state index contributed by atoms with van der Waals surface area (Å²) in [5, 5.41) is 9.21. The van der Waals surface area contributed by atoms with E-state index in [4.69, 9.17) is 6.42 Å². The van der Waals surface area contributed by atoms with Crippen LogP contribution < -0.4 is 0 Å². The molecule has 90 valence electrons. The quantitative estimate of drug-likeness (QED) is 0.571. The van der Waals surface area contributed by atoms with E-state index < -0.39 is 5.97 Å². The van der Waals surface area contributed by atoms with Gasteiger partial charge in [-0.1, -0.05) is 32.4 Å². The molecule has 1 N–H and O–H groups in total.